The fourth-order valence-electron chi connectivity index (χ4n) is 3.57. The highest BCUT2D eigenvalue weighted by atomic mass is 32.2. The lowest BCUT2D eigenvalue weighted by Crippen LogP contribution is -2.16. The Morgan fingerprint density at radius 2 is 1.59 bits per heavy atom. The van der Waals surface area contributed by atoms with Crippen LogP contribution in [-0.2, 0) is 16.4 Å². The van der Waals surface area contributed by atoms with Gasteiger partial charge in [0.2, 0.25) is 5.88 Å². The van der Waals surface area contributed by atoms with Crippen molar-refractivity contribution in [2.45, 2.75) is 31.5 Å². The average molecular weight is 551 g/mol. The third-order valence-corrected chi connectivity index (χ3v) is 6.81. The van der Waals surface area contributed by atoms with Gasteiger partial charge in [0.05, 0.1) is 18.6 Å². The van der Waals surface area contributed by atoms with Gasteiger partial charge in [-0.05, 0) is 67.9 Å². The summed E-state index contributed by atoms with van der Waals surface area (Å²) in [6.45, 7) is 3.75. The summed E-state index contributed by atoms with van der Waals surface area (Å²) in [6, 6.07) is 18.9. The van der Waals surface area contributed by atoms with Gasteiger partial charge in [-0.2, -0.15) is 4.98 Å². The fourth-order valence-corrected chi connectivity index (χ4v) is 4.20. The molecular weight excluding hydrogens is 520 g/mol. The molecule has 0 fully saturated rings. The molecule has 0 bridgehead atoms. The van der Waals surface area contributed by atoms with E-state index < -0.39 is 15.9 Å². The molecule has 1 aromatic heterocycles. The Morgan fingerprint density at radius 1 is 0.923 bits per heavy atom. The Morgan fingerprint density at radius 3 is 2.23 bits per heavy atom. The SMILES string of the molecule is COc1ccc(COc2nc(-c3cc(Oc4ccc(S(C)(=O)=O)cc4)cc(OC(C)CO)c3)ncc2C)cc1. The largest absolute Gasteiger partial charge is 0.497 e. The summed E-state index contributed by atoms with van der Waals surface area (Å²) in [6.07, 6.45) is 2.37. The highest BCUT2D eigenvalue weighted by molar-refractivity contribution is 7.90. The molecule has 0 amide bonds. The summed E-state index contributed by atoms with van der Waals surface area (Å²) >= 11 is 0. The molecular formula is C29H30N2O7S. The second-order valence-corrected chi connectivity index (χ2v) is 11.0. The van der Waals surface area contributed by atoms with Crippen molar-refractivity contribution in [3.05, 3.63) is 84.1 Å². The molecule has 1 unspecified atom stereocenters. The maximum atomic E-state index is 11.8. The number of ether oxygens (including phenoxy) is 4. The first-order valence-electron chi connectivity index (χ1n) is 12.1. The molecule has 0 saturated carbocycles. The smallest absolute Gasteiger partial charge is 0.220 e. The molecule has 1 N–H and O–H groups in total. The summed E-state index contributed by atoms with van der Waals surface area (Å²) in [5.41, 5.74) is 2.34. The van der Waals surface area contributed by atoms with Crippen LogP contribution >= 0.6 is 0 Å². The Balaban J connectivity index is 1.62. The first-order chi connectivity index (χ1) is 18.6. The van der Waals surface area contributed by atoms with Crippen molar-refractivity contribution in [1.29, 1.82) is 0 Å². The Kier molecular flexibility index (Phi) is 8.68. The molecule has 1 atom stereocenters. The van der Waals surface area contributed by atoms with Gasteiger partial charge in [0.15, 0.2) is 15.7 Å². The van der Waals surface area contributed by atoms with E-state index in [9.17, 15) is 13.5 Å². The number of aliphatic hydroxyl groups is 1. The molecule has 0 spiro atoms. The minimum atomic E-state index is -3.33. The quantitative estimate of drug-likeness (QED) is 0.275. The number of rotatable bonds is 11. The third-order valence-electron chi connectivity index (χ3n) is 5.68. The lowest BCUT2D eigenvalue weighted by molar-refractivity contribution is 0.129. The number of hydrogen-bond donors (Lipinski definition) is 1. The van der Waals surface area contributed by atoms with E-state index in [4.69, 9.17) is 18.9 Å². The van der Waals surface area contributed by atoms with Crippen molar-refractivity contribution in [2.75, 3.05) is 20.0 Å². The lowest BCUT2D eigenvalue weighted by atomic mass is 10.1. The van der Waals surface area contributed by atoms with Gasteiger partial charge in [0.25, 0.3) is 0 Å². The standard InChI is InChI=1S/C29H30N2O7S/c1-19-16-30-28(31-29(19)36-18-21-5-7-23(35-3)8-6-21)22-13-25(37-20(2)17-32)15-26(14-22)38-24-9-11-27(12-10-24)39(4,33)34/h5-16,20,32H,17-18H2,1-4H3. The summed E-state index contributed by atoms with van der Waals surface area (Å²) in [7, 11) is -1.71. The fraction of sp³-hybridized carbons (Fsp3) is 0.241. The summed E-state index contributed by atoms with van der Waals surface area (Å²) < 4.78 is 46.6. The molecule has 0 aliphatic rings. The van der Waals surface area contributed by atoms with Crippen LogP contribution in [0.3, 0.4) is 0 Å². The van der Waals surface area contributed by atoms with Crippen LogP contribution < -0.4 is 18.9 Å². The van der Waals surface area contributed by atoms with Crippen molar-refractivity contribution in [1.82, 2.24) is 9.97 Å². The van der Waals surface area contributed by atoms with Gasteiger partial charge in [-0.15, -0.1) is 0 Å². The summed E-state index contributed by atoms with van der Waals surface area (Å²) in [5, 5.41) is 9.47. The van der Waals surface area contributed by atoms with Gasteiger partial charge in [-0.3, -0.25) is 0 Å². The number of hydrogen-bond acceptors (Lipinski definition) is 9. The Bertz CT molecular complexity index is 1520. The van der Waals surface area contributed by atoms with E-state index in [1.165, 1.54) is 12.1 Å². The van der Waals surface area contributed by atoms with Crippen LogP contribution in [0.5, 0.6) is 28.9 Å². The van der Waals surface area contributed by atoms with Gasteiger partial charge < -0.3 is 24.1 Å². The van der Waals surface area contributed by atoms with Crippen molar-refractivity contribution in [2.24, 2.45) is 0 Å². The molecule has 204 valence electrons. The van der Waals surface area contributed by atoms with E-state index in [1.807, 2.05) is 31.2 Å². The number of aliphatic hydroxyl groups excluding tert-OH is 1. The maximum Gasteiger partial charge on any atom is 0.220 e. The molecule has 0 aliphatic carbocycles. The molecule has 9 nitrogen and oxygen atoms in total. The summed E-state index contributed by atoms with van der Waals surface area (Å²) in [5.74, 6) is 2.90. The topological polar surface area (TPSA) is 117 Å². The molecule has 0 radical (unpaired) electrons. The highest BCUT2D eigenvalue weighted by Crippen LogP contribution is 2.33. The van der Waals surface area contributed by atoms with Crippen molar-refractivity contribution < 1.29 is 32.5 Å². The lowest BCUT2D eigenvalue weighted by Gasteiger charge is -2.16. The number of aromatic nitrogens is 2. The first-order valence-corrected chi connectivity index (χ1v) is 14.0. The normalized spacial score (nSPS) is 12.0. The van der Waals surface area contributed by atoms with E-state index in [0.29, 0.717) is 41.1 Å². The second-order valence-electron chi connectivity index (χ2n) is 8.97. The molecule has 3 aromatic carbocycles. The zero-order valence-corrected chi connectivity index (χ0v) is 22.9. The minimum Gasteiger partial charge on any atom is -0.497 e. The molecule has 10 heteroatoms. The number of sulfone groups is 1. The van der Waals surface area contributed by atoms with Gasteiger partial charge in [-0.25, -0.2) is 13.4 Å². The maximum absolute atomic E-state index is 11.8. The highest BCUT2D eigenvalue weighted by Gasteiger charge is 2.14. The van der Waals surface area contributed by atoms with Gasteiger partial charge in [-0.1, -0.05) is 12.1 Å². The Hall–Kier alpha value is -4.15. The van der Waals surface area contributed by atoms with E-state index in [0.717, 1.165) is 23.1 Å². The summed E-state index contributed by atoms with van der Waals surface area (Å²) in [4.78, 5) is 9.31. The van der Waals surface area contributed by atoms with Crippen LogP contribution in [0.4, 0.5) is 0 Å². The zero-order chi connectivity index (χ0) is 28.0. The predicted octanol–water partition coefficient (Wildman–Crippen LogP) is 5.00. The van der Waals surface area contributed by atoms with E-state index >= 15 is 0 Å². The number of benzene rings is 3. The van der Waals surface area contributed by atoms with Gasteiger partial charge in [0.1, 0.15) is 35.7 Å². The van der Waals surface area contributed by atoms with Crippen LogP contribution in [-0.4, -0.2) is 49.6 Å². The van der Waals surface area contributed by atoms with E-state index in [-0.39, 0.29) is 11.5 Å². The molecule has 39 heavy (non-hydrogen) atoms. The number of methoxy groups -OCH3 is 1. The number of nitrogens with zero attached hydrogens (tertiary/aromatic N) is 2. The van der Waals surface area contributed by atoms with Crippen LogP contribution in [0.2, 0.25) is 0 Å². The first kappa shape index (κ1) is 27.9. The van der Waals surface area contributed by atoms with Crippen molar-refractivity contribution in [3.63, 3.8) is 0 Å². The number of aryl methyl sites for hydroxylation is 1. The zero-order valence-electron chi connectivity index (χ0n) is 22.1. The monoisotopic (exact) mass is 550 g/mol. The van der Waals surface area contributed by atoms with Gasteiger partial charge in [0, 0.05) is 29.6 Å². The molecule has 4 rings (SSSR count). The predicted molar refractivity (Wildman–Crippen MR) is 146 cm³/mol. The van der Waals surface area contributed by atoms with Crippen LogP contribution in [0, 0.1) is 6.92 Å². The van der Waals surface area contributed by atoms with Crippen molar-refractivity contribution >= 4 is 9.84 Å². The van der Waals surface area contributed by atoms with E-state index in [1.54, 1.807) is 50.6 Å². The molecule has 0 saturated heterocycles. The van der Waals surface area contributed by atoms with Crippen LogP contribution in [0.25, 0.3) is 11.4 Å². The molecule has 1 heterocycles. The third kappa shape index (κ3) is 7.46. The Labute approximate surface area is 227 Å². The van der Waals surface area contributed by atoms with Gasteiger partial charge >= 0.3 is 0 Å². The molecule has 0 aliphatic heterocycles. The van der Waals surface area contributed by atoms with Crippen LogP contribution in [0.1, 0.15) is 18.1 Å². The molecule has 4 aromatic rings. The van der Waals surface area contributed by atoms with Crippen molar-refractivity contribution in [3.8, 4) is 40.3 Å². The van der Waals surface area contributed by atoms with E-state index in [2.05, 4.69) is 9.97 Å². The second kappa shape index (κ2) is 12.1. The minimum absolute atomic E-state index is 0.169. The average Bonchev–Trinajstić information content (AvgIpc) is 2.92. The van der Waals surface area contributed by atoms with Crippen LogP contribution in [0.15, 0.2) is 77.8 Å².